The van der Waals surface area contributed by atoms with Crippen LogP contribution in [0.5, 0.6) is 0 Å². The van der Waals surface area contributed by atoms with E-state index in [1.54, 1.807) is 0 Å². The monoisotopic (exact) mass is 334 g/mol. The fraction of sp³-hybridized carbons (Fsp3) is 0.538. The van der Waals surface area contributed by atoms with Crippen LogP contribution in [0.1, 0.15) is 26.3 Å². The van der Waals surface area contributed by atoms with E-state index in [1.165, 1.54) is 0 Å². The van der Waals surface area contributed by atoms with Crippen molar-refractivity contribution in [2.75, 3.05) is 6.61 Å². The van der Waals surface area contributed by atoms with Gasteiger partial charge in [0, 0.05) is 16.1 Å². The molecule has 1 rings (SSSR count). The lowest BCUT2D eigenvalue weighted by molar-refractivity contribution is -0.0380. The average Bonchev–Trinajstić information content (AvgIpc) is 2.27. The molecule has 1 unspecified atom stereocenters. The van der Waals surface area contributed by atoms with Crippen LogP contribution in [0, 0.1) is 0 Å². The van der Waals surface area contributed by atoms with Crippen LogP contribution in [0.3, 0.4) is 0 Å². The average molecular weight is 336 g/mol. The Hall–Kier alpha value is -0.130. The lowest BCUT2D eigenvalue weighted by atomic mass is 9.92. The molecule has 3 N–H and O–H groups in total. The van der Waals surface area contributed by atoms with Gasteiger partial charge in [0.05, 0.1) is 11.6 Å². The Kier molecular flexibility index (Phi) is 6.08. The molecule has 18 heavy (non-hydrogen) atoms. The maximum atomic E-state index is 6.22. The van der Waals surface area contributed by atoms with E-state index in [-0.39, 0.29) is 11.6 Å². The minimum Gasteiger partial charge on any atom is -0.374 e. The van der Waals surface area contributed by atoms with E-state index in [0.29, 0.717) is 6.61 Å². The number of halogens is 2. The first-order chi connectivity index (χ1) is 8.40. The van der Waals surface area contributed by atoms with Crippen LogP contribution in [-0.4, -0.2) is 18.2 Å². The van der Waals surface area contributed by atoms with Crippen LogP contribution in [-0.2, 0) is 11.2 Å². The SMILES string of the molecule is CCOC(C)(C)C(Cc1ccc(Br)cc1Cl)NN. The summed E-state index contributed by atoms with van der Waals surface area (Å²) in [4.78, 5) is 0. The molecule has 1 aromatic carbocycles. The van der Waals surface area contributed by atoms with E-state index in [1.807, 2.05) is 39.0 Å². The Balaban J connectivity index is 2.85. The van der Waals surface area contributed by atoms with E-state index < -0.39 is 0 Å². The molecule has 0 radical (unpaired) electrons. The molecule has 5 heteroatoms. The number of benzene rings is 1. The van der Waals surface area contributed by atoms with Gasteiger partial charge in [-0.2, -0.15) is 0 Å². The van der Waals surface area contributed by atoms with Gasteiger partial charge in [-0.1, -0.05) is 33.6 Å². The Morgan fingerprint density at radius 3 is 2.67 bits per heavy atom. The summed E-state index contributed by atoms with van der Waals surface area (Å²) in [5, 5.41) is 0.733. The van der Waals surface area contributed by atoms with Crippen molar-refractivity contribution in [3.05, 3.63) is 33.3 Å². The molecule has 3 nitrogen and oxygen atoms in total. The van der Waals surface area contributed by atoms with Crippen molar-refractivity contribution >= 4 is 27.5 Å². The van der Waals surface area contributed by atoms with Crippen LogP contribution in [0.4, 0.5) is 0 Å². The van der Waals surface area contributed by atoms with Gasteiger partial charge in [0.25, 0.3) is 0 Å². The molecule has 0 amide bonds. The molecule has 0 aliphatic carbocycles. The van der Waals surface area contributed by atoms with Crippen molar-refractivity contribution in [3.8, 4) is 0 Å². The van der Waals surface area contributed by atoms with E-state index >= 15 is 0 Å². The molecule has 0 bridgehead atoms. The first kappa shape index (κ1) is 15.9. The summed E-state index contributed by atoms with van der Waals surface area (Å²) >= 11 is 9.61. The van der Waals surface area contributed by atoms with E-state index in [2.05, 4.69) is 21.4 Å². The summed E-state index contributed by atoms with van der Waals surface area (Å²) in [5.41, 5.74) is 3.53. The molecular formula is C13H20BrClN2O. The third-order valence-electron chi connectivity index (χ3n) is 3.00. The molecule has 0 saturated carbocycles. The van der Waals surface area contributed by atoms with Crippen molar-refractivity contribution in [1.82, 2.24) is 5.43 Å². The third kappa shape index (κ3) is 4.21. The maximum Gasteiger partial charge on any atom is 0.0795 e. The number of ether oxygens (including phenoxy) is 1. The number of nitrogens with one attached hydrogen (secondary N) is 1. The number of hydrogen-bond donors (Lipinski definition) is 2. The molecule has 0 aliphatic heterocycles. The van der Waals surface area contributed by atoms with Crippen LogP contribution in [0.15, 0.2) is 22.7 Å². The quantitative estimate of drug-likeness (QED) is 0.619. The van der Waals surface area contributed by atoms with Crippen molar-refractivity contribution in [3.63, 3.8) is 0 Å². The van der Waals surface area contributed by atoms with Crippen LogP contribution < -0.4 is 11.3 Å². The van der Waals surface area contributed by atoms with Crippen LogP contribution in [0.2, 0.25) is 5.02 Å². The molecule has 1 aromatic rings. The Morgan fingerprint density at radius 2 is 2.17 bits per heavy atom. The highest BCUT2D eigenvalue weighted by Gasteiger charge is 2.29. The number of hydrogen-bond acceptors (Lipinski definition) is 3. The summed E-state index contributed by atoms with van der Waals surface area (Å²) in [7, 11) is 0. The molecule has 1 atom stereocenters. The first-order valence-corrected chi connectivity index (χ1v) is 7.11. The Bertz CT molecular complexity index is 399. The lowest BCUT2D eigenvalue weighted by Crippen LogP contribution is -2.52. The van der Waals surface area contributed by atoms with Crippen LogP contribution in [0.25, 0.3) is 0 Å². The lowest BCUT2D eigenvalue weighted by Gasteiger charge is -2.34. The van der Waals surface area contributed by atoms with Gasteiger partial charge in [-0.15, -0.1) is 0 Å². The van der Waals surface area contributed by atoms with E-state index in [0.717, 1.165) is 21.5 Å². The summed E-state index contributed by atoms with van der Waals surface area (Å²) < 4.78 is 6.69. The summed E-state index contributed by atoms with van der Waals surface area (Å²) in [5.74, 6) is 5.63. The van der Waals surface area contributed by atoms with Crippen molar-refractivity contribution in [2.45, 2.75) is 38.8 Å². The molecule has 0 fully saturated rings. The second kappa shape index (κ2) is 6.87. The van der Waals surface area contributed by atoms with Crippen molar-refractivity contribution < 1.29 is 4.74 Å². The summed E-state index contributed by atoms with van der Waals surface area (Å²) in [6.45, 7) is 6.67. The zero-order valence-corrected chi connectivity index (χ0v) is 13.3. The fourth-order valence-corrected chi connectivity index (χ4v) is 2.64. The van der Waals surface area contributed by atoms with E-state index in [9.17, 15) is 0 Å². The standard InChI is InChI=1S/C13H20BrClN2O/c1-4-18-13(2,3)12(17-16)7-9-5-6-10(14)8-11(9)15/h5-6,8,12,17H,4,7,16H2,1-3H3. The summed E-state index contributed by atoms with van der Waals surface area (Å²) in [6, 6.07) is 5.86. The highest BCUT2D eigenvalue weighted by Crippen LogP contribution is 2.25. The normalized spacial score (nSPS) is 13.7. The number of rotatable bonds is 6. The molecular weight excluding hydrogens is 316 g/mol. The maximum absolute atomic E-state index is 6.22. The zero-order valence-electron chi connectivity index (χ0n) is 11.0. The second-order valence-corrected chi connectivity index (χ2v) is 6.02. The molecule has 102 valence electrons. The van der Waals surface area contributed by atoms with Gasteiger partial charge in [0.1, 0.15) is 0 Å². The van der Waals surface area contributed by atoms with Crippen molar-refractivity contribution in [1.29, 1.82) is 0 Å². The van der Waals surface area contributed by atoms with Crippen LogP contribution >= 0.6 is 27.5 Å². The van der Waals surface area contributed by atoms with E-state index in [4.69, 9.17) is 22.2 Å². The Morgan fingerprint density at radius 1 is 1.50 bits per heavy atom. The van der Waals surface area contributed by atoms with Gasteiger partial charge in [0.15, 0.2) is 0 Å². The largest absolute Gasteiger partial charge is 0.374 e. The smallest absolute Gasteiger partial charge is 0.0795 e. The highest BCUT2D eigenvalue weighted by atomic mass is 79.9. The molecule has 0 aliphatic rings. The van der Waals surface area contributed by atoms with Gasteiger partial charge in [-0.25, -0.2) is 0 Å². The number of hydrazine groups is 1. The zero-order chi connectivity index (χ0) is 13.8. The fourth-order valence-electron chi connectivity index (χ4n) is 1.89. The van der Waals surface area contributed by atoms with Gasteiger partial charge in [-0.05, 0) is 44.9 Å². The van der Waals surface area contributed by atoms with Gasteiger partial charge >= 0.3 is 0 Å². The van der Waals surface area contributed by atoms with Gasteiger partial charge in [-0.3, -0.25) is 11.3 Å². The highest BCUT2D eigenvalue weighted by molar-refractivity contribution is 9.10. The predicted molar refractivity (Wildman–Crippen MR) is 79.7 cm³/mol. The Labute approximate surface area is 122 Å². The second-order valence-electron chi connectivity index (χ2n) is 4.70. The van der Waals surface area contributed by atoms with Crippen molar-refractivity contribution in [2.24, 2.45) is 5.84 Å². The molecule has 0 heterocycles. The molecule has 0 saturated heterocycles. The van der Waals surface area contributed by atoms with Gasteiger partial charge in [0.2, 0.25) is 0 Å². The minimum absolute atomic E-state index is 0.00359. The first-order valence-electron chi connectivity index (χ1n) is 5.94. The summed E-state index contributed by atoms with van der Waals surface area (Å²) in [6.07, 6.45) is 0.718. The third-order valence-corrected chi connectivity index (χ3v) is 3.84. The predicted octanol–water partition coefficient (Wildman–Crippen LogP) is 3.29. The number of nitrogens with two attached hydrogens (primary N) is 1. The topological polar surface area (TPSA) is 47.3 Å². The van der Waals surface area contributed by atoms with Gasteiger partial charge < -0.3 is 4.74 Å². The molecule has 0 aromatic heterocycles. The molecule has 0 spiro atoms. The minimum atomic E-state index is -0.347.